The number of aliphatic hydroxyl groups is 1. The highest BCUT2D eigenvalue weighted by Gasteiger charge is 2.49. The van der Waals surface area contributed by atoms with Gasteiger partial charge in [0.05, 0.1) is 6.10 Å². The Kier molecular flexibility index (Phi) is 2.62. The van der Waals surface area contributed by atoms with Gasteiger partial charge in [0.15, 0.2) is 0 Å². The second-order valence-corrected chi connectivity index (χ2v) is 4.86. The largest absolute Gasteiger partial charge is 0.393 e. The van der Waals surface area contributed by atoms with Gasteiger partial charge in [0.2, 0.25) is 0 Å². The van der Waals surface area contributed by atoms with Gasteiger partial charge in [-0.1, -0.05) is 19.4 Å². The summed E-state index contributed by atoms with van der Waals surface area (Å²) in [6.07, 6.45) is 2.94. The lowest BCUT2D eigenvalue weighted by molar-refractivity contribution is 0.127. The molecule has 0 aromatic heterocycles. The van der Waals surface area contributed by atoms with Crippen LogP contribution in [0.5, 0.6) is 0 Å². The van der Waals surface area contributed by atoms with E-state index in [-0.39, 0.29) is 6.10 Å². The van der Waals surface area contributed by atoms with Crippen LogP contribution in [0.25, 0.3) is 0 Å². The third kappa shape index (κ3) is 2.34. The zero-order chi connectivity index (χ0) is 9.35. The van der Waals surface area contributed by atoms with Gasteiger partial charge in [0, 0.05) is 0 Å². The van der Waals surface area contributed by atoms with Crippen molar-refractivity contribution in [1.29, 1.82) is 0 Å². The summed E-state index contributed by atoms with van der Waals surface area (Å²) in [6.45, 7) is 10.3. The molecule has 1 saturated carbocycles. The van der Waals surface area contributed by atoms with E-state index in [4.69, 9.17) is 0 Å². The predicted molar refractivity (Wildman–Crippen MR) is 51.9 cm³/mol. The number of aliphatic hydroxyl groups excluding tert-OH is 1. The SMILES string of the molecule is C=C(C)CCC(O)C1CC1(C)C. The van der Waals surface area contributed by atoms with Gasteiger partial charge in [-0.15, -0.1) is 6.58 Å². The van der Waals surface area contributed by atoms with Crippen molar-refractivity contribution < 1.29 is 5.11 Å². The molecule has 1 aliphatic rings. The summed E-state index contributed by atoms with van der Waals surface area (Å²) in [6, 6.07) is 0. The van der Waals surface area contributed by atoms with E-state index in [0.717, 1.165) is 12.8 Å². The van der Waals surface area contributed by atoms with Crippen LogP contribution in [0.3, 0.4) is 0 Å². The maximum atomic E-state index is 9.73. The highest BCUT2D eigenvalue weighted by Crippen LogP contribution is 2.54. The zero-order valence-corrected chi connectivity index (χ0v) is 8.43. The van der Waals surface area contributed by atoms with Crippen LogP contribution in [0.15, 0.2) is 12.2 Å². The fraction of sp³-hybridized carbons (Fsp3) is 0.818. The van der Waals surface area contributed by atoms with Crippen molar-refractivity contribution in [2.75, 3.05) is 0 Å². The summed E-state index contributed by atoms with van der Waals surface area (Å²) in [7, 11) is 0. The van der Waals surface area contributed by atoms with Crippen molar-refractivity contribution in [2.24, 2.45) is 11.3 Å². The minimum atomic E-state index is -0.100. The zero-order valence-electron chi connectivity index (χ0n) is 8.43. The Morgan fingerprint density at radius 2 is 2.17 bits per heavy atom. The van der Waals surface area contributed by atoms with Crippen molar-refractivity contribution in [3.05, 3.63) is 12.2 Å². The topological polar surface area (TPSA) is 20.2 Å². The molecule has 0 bridgehead atoms. The molecule has 1 nitrogen and oxygen atoms in total. The molecule has 70 valence electrons. The maximum absolute atomic E-state index is 9.73. The van der Waals surface area contributed by atoms with Crippen molar-refractivity contribution in [2.45, 2.75) is 46.1 Å². The van der Waals surface area contributed by atoms with E-state index in [0.29, 0.717) is 11.3 Å². The molecule has 12 heavy (non-hydrogen) atoms. The van der Waals surface area contributed by atoms with Gasteiger partial charge >= 0.3 is 0 Å². The highest BCUT2D eigenvalue weighted by atomic mass is 16.3. The van der Waals surface area contributed by atoms with Crippen molar-refractivity contribution in [3.63, 3.8) is 0 Å². The fourth-order valence-corrected chi connectivity index (χ4v) is 1.76. The molecule has 0 aromatic rings. The summed E-state index contributed by atoms with van der Waals surface area (Å²) in [5, 5.41) is 9.73. The van der Waals surface area contributed by atoms with E-state index in [1.807, 2.05) is 6.92 Å². The van der Waals surface area contributed by atoms with Gasteiger partial charge in [-0.05, 0) is 37.5 Å². The van der Waals surface area contributed by atoms with E-state index in [9.17, 15) is 5.11 Å². The molecule has 1 fully saturated rings. The van der Waals surface area contributed by atoms with Gasteiger partial charge in [0.25, 0.3) is 0 Å². The number of allylic oxidation sites excluding steroid dienone is 1. The lowest BCUT2D eigenvalue weighted by Crippen LogP contribution is -2.12. The van der Waals surface area contributed by atoms with Crippen LogP contribution in [0, 0.1) is 11.3 Å². The van der Waals surface area contributed by atoms with Crippen LogP contribution in [0.2, 0.25) is 0 Å². The second kappa shape index (κ2) is 3.21. The Hall–Kier alpha value is -0.300. The smallest absolute Gasteiger partial charge is 0.0576 e. The first kappa shape index (κ1) is 9.79. The quantitative estimate of drug-likeness (QED) is 0.640. The first-order valence-electron chi connectivity index (χ1n) is 4.76. The lowest BCUT2D eigenvalue weighted by Gasteiger charge is -2.11. The van der Waals surface area contributed by atoms with Gasteiger partial charge in [0.1, 0.15) is 0 Å². The van der Waals surface area contributed by atoms with E-state index < -0.39 is 0 Å². The first-order valence-corrected chi connectivity index (χ1v) is 4.76. The van der Waals surface area contributed by atoms with E-state index in [2.05, 4.69) is 20.4 Å². The van der Waals surface area contributed by atoms with Crippen molar-refractivity contribution in [3.8, 4) is 0 Å². The summed E-state index contributed by atoms with van der Waals surface area (Å²) in [5.74, 6) is 0.539. The van der Waals surface area contributed by atoms with Crippen LogP contribution in [-0.4, -0.2) is 11.2 Å². The third-order valence-corrected chi connectivity index (χ3v) is 2.92. The van der Waals surface area contributed by atoms with Gasteiger partial charge in [-0.25, -0.2) is 0 Å². The minimum absolute atomic E-state index is 0.100. The number of hydrogen-bond acceptors (Lipinski definition) is 1. The van der Waals surface area contributed by atoms with E-state index in [1.165, 1.54) is 12.0 Å². The second-order valence-electron chi connectivity index (χ2n) is 4.86. The molecule has 2 unspecified atom stereocenters. The average molecular weight is 168 g/mol. The molecule has 0 amide bonds. The molecule has 0 aliphatic heterocycles. The number of rotatable bonds is 4. The summed E-state index contributed by atoms with van der Waals surface area (Å²) in [4.78, 5) is 0. The average Bonchev–Trinajstić information content (AvgIpc) is 2.55. The van der Waals surface area contributed by atoms with Crippen LogP contribution >= 0.6 is 0 Å². The minimum Gasteiger partial charge on any atom is -0.393 e. The molecule has 1 heteroatoms. The molecule has 0 radical (unpaired) electrons. The molecule has 0 heterocycles. The first-order chi connectivity index (χ1) is 5.43. The Labute approximate surface area is 75.5 Å². The monoisotopic (exact) mass is 168 g/mol. The van der Waals surface area contributed by atoms with Crippen LogP contribution in [0.4, 0.5) is 0 Å². The van der Waals surface area contributed by atoms with Gasteiger partial charge in [-0.3, -0.25) is 0 Å². The maximum Gasteiger partial charge on any atom is 0.0576 e. The molecule has 0 aromatic carbocycles. The normalized spacial score (nSPS) is 28.2. The molecular weight excluding hydrogens is 148 g/mol. The summed E-state index contributed by atoms with van der Waals surface area (Å²) >= 11 is 0. The predicted octanol–water partition coefficient (Wildman–Crippen LogP) is 2.75. The van der Waals surface area contributed by atoms with Crippen molar-refractivity contribution in [1.82, 2.24) is 0 Å². The van der Waals surface area contributed by atoms with Crippen LogP contribution in [0.1, 0.15) is 40.0 Å². The molecule has 0 spiro atoms. The molecule has 1 aliphatic carbocycles. The molecular formula is C11H20O. The Bertz CT molecular complexity index is 181. The van der Waals surface area contributed by atoms with Crippen LogP contribution in [-0.2, 0) is 0 Å². The van der Waals surface area contributed by atoms with Gasteiger partial charge < -0.3 is 5.11 Å². The van der Waals surface area contributed by atoms with E-state index in [1.54, 1.807) is 0 Å². The fourth-order valence-electron chi connectivity index (χ4n) is 1.76. The molecule has 1 rings (SSSR count). The Morgan fingerprint density at radius 3 is 2.50 bits per heavy atom. The third-order valence-electron chi connectivity index (χ3n) is 2.92. The summed E-state index contributed by atoms with van der Waals surface area (Å²) < 4.78 is 0. The Morgan fingerprint density at radius 1 is 1.67 bits per heavy atom. The number of hydrogen-bond donors (Lipinski definition) is 1. The molecule has 1 N–H and O–H groups in total. The van der Waals surface area contributed by atoms with Gasteiger partial charge in [-0.2, -0.15) is 0 Å². The molecule has 2 atom stereocenters. The summed E-state index contributed by atoms with van der Waals surface area (Å²) in [5.41, 5.74) is 1.57. The standard InChI is InChI=1S/C11H20O/c1-8(2)5-6-10(12)9-7-11(9,3)4/h9-10,12H,1,5-7H2,2-4H3. The van der Waals surface area contributed by atoms with Crippen molar-refractivity contribution >= 4 is 0 Å². The Balaban J connectivity index is 2.22. The molecule has 0 saturated heterocycles. The van der Waals surface area contributed by atoms with Crippen LogP contribution < -0.4 is 0 Å². The van der Waals surface area contributed by atoms with E-state index >= 15 is 0 Å². The highest BCUT2D eigenvalue weighted by molar-refractivity contribution is 5.00. The lowest BCUT2D eigenvalue weighted by atomic mass is 10.0.